The van der Waals surface area contributed by atoms with Crippen LogP contribution in [0.3, 0.4) is 0 Å². The largest absolute Gasteiger partial charge is 0.387 e. The predicted molar refractivity (Wildman–Crippen MR) is 139 cm³/mol. The lowest BCUT2D eigenvalue weighted by Crippen LogP contribution is -2.24. The van der Waals surface area contributed by atoms with Gasteiger partial charge >= 0.3 is 0 Å². The molecule has 5 nitrogen and oxygen atoms in total. The maximum absolute atomic E-state index is 13.1. The molecule has 1 unspecified atom stereocenters. The number of hydrogen-bond acceptors (Lipinski definition) is 2. The van der Waals surface area contributed by atoms with Crippen molar-refractivity contribution >= 4 is 17.6 Å². The number of nitrogens with one attached hydrogen (secondary N) is 1. The van der Waals surface area contributed by atoms with Gasteiger partial charge in [0.05, 0.1) is 0 Å². The van der Waals surface area contributed by atoms with Gasteiger partial charge in [-0.15, -0.1) is 0 Å². The van der Waals surface area contributed by atoms with Crippen molar-refractivity contribution in [2.45, 2.75) is 86.5 Å². The molecular weight excluding hydrogens is 410 g/mol. The van der Waals surface area contributed by atoms with Crippen LogP contribution in [0.15, 0.2) is 52.1 Å². The molecule has 182 valence electrons. The zero-order valence-corrected chi connectivity index (χ0v) is 21.5. The van der Waals surface area contributed by atoms with Crippen molar-refractivity contribution in [3.63, 3.8) is 0 Å². The molecule has 5 heteroatoms. The molecule has 0 spiro atoms. The number of rotatable bonds is 13. The van der Waals surface area contributed by atoms with Crippen LogP contribution >= 0.6 is 0 Å². The van der Waals surface area contributed by atoms with Crippen molar-refractivity contribution in [2.75, 3.05) is 6.54 Å². The molecule has 0 saturated carbocycles. The number of carbonyl (C=O) groups excluding carboxylic acids is 2. The maximum atomic E-state index is 13.1. The van der Waals surface area contributed by atoms with Gasteiger partial charge < -0.3 is 11.1 Å². The topological polar surface area (TPSA) is 84.5 Å². The Kier molecular flexibility index (Phi) is 13.1. The van der Waals surface area contributed by atoms with Gasteiger partial charge in [0.25, 0.3) is 11.8 Å². The number of allylic oxidation sites excluding steroid dienone is 2. The Bertz CT molecular complexity index is 864. The number of nitrogens with two attached hydrogens (primary N) is 1. The number of carbonyl (C=O) groups is 2. The van der Waals surface area contributed by atoms with Crippen LogP contribution in [0.1, 0.15) is 96.0 Å². The Hall–Kier alpha value is -2.69. The minimum absolute atomic E-state index is 0.0355. The predicted octanol–water partition coefficient (Wildman–Crippen LogP) is 6.14. The highest BCUT2D eigenvalue weighted by Gasteiger charge is 2.20. The molecule has 0 heterocycles. The van der Waals surface area contributed by atoms with E-state index >= 15 is 0 Å². The van der Waals surface area contributed by atoms with Gasteiger partial charge in [0, 0.05) is 24.1 Å². The maximum Gasteiger partial charge on any atom is 0.278 e. The first-order valence-electron chi connectivity index (χ1n) is 12.4. The Morgan fingerprint density at radius 3 is 2.30 bits per heavy atom. The summed E-state index contributed by atoms with van der Waals surface area (Å²) in [6, 6.07) is 7.72. The number of nitrogens with zero attached hydrogens (tertiary/aromatic N) is 1. The lowest BCUT2D eigenvalue weighted by Gasteiger charge is -2.18. The summed E-state index contributed by atoms with van der Waals surface area (Å²) in [6.07, 6.45) is 7.97. The molecule has 1 aromatic carbocycles. The average Bonchev–Trinajstić information content (AvgIpc) is 2.81. The van der Waals surface area contributed by atoms with Gasteiger partial charge in [0.2, 0.25) is 0 Å². The summed E-state index contributed by atoms with van der Waals surface area (Å²) < 4.78 is 0. The number of aryl methyl sites for hydroxylation is 1. The molecule has 2 amide bonds. The van der Waals surface area contributed by atoms with Gasteiger partial charge in [-0.25, -0.2) is 0 Å². The molecule has 1 aromatic rings. The molecule has 0 aromatic heterocycles. The highest BCUT2D eigenvalue weighted by atomic mass is 16.2. The Labute approximate surface area is 200 Å². The van der Waals surface area contributed by atoms with Crippen LogP contribution in [0.4, 0.5) is 0 Å². The van der Waals surface area contributed by atoms with Crippen LogP contribution in [-0.4, -0.2) is 24.2 Å². The fourth-order valence-electron chi connectivity index (χ4n) is 3.61. The molecule has 0 aliphatic rings. The van der Waals surface area contributed by atoms with E-state index in [0.29, 0.717) is 29.9 Å². The van der Waals surface area contributed by atoms with E-state index in [9.17, 15) is 9.59 Å². The number of unbranched alkanes of at least 4 members (excludes halogenated alkanes) is 1. The molecule has 33 heavy (non-hydrogen) atoms. The molecule has 0 saturated heterocycles. The molecule has 0 fully saturated rings. The van der Waals surface area contributed by atoms with Gasteiger partial charge in [-0.3, -0.25) is 9.59 Å². The molecular formula is C28H43N3O2. The van der Waals surface area contributed by atoms with Crippen molar-refractivity contribution in [1.29, 1.82) is 0 Å². The summed E-state index contributed by atoms with van der Waals surface area (Å²) in [6.45, 7) is 13.1. The number of aliphatic imine (C=N–C) groups is 1. The van der Waals surface area contributed by atoms with Crippen molar-refractivity contribution < 1.29 is 9.59 Å². The molecule has 1 rings (SSSR count). The molecule has 0 radical (unpaired) electrons. The van der Waals surface area contributed by atoms with E-state index in [-0.39, 0.29) is 17.7 Å². The Balaban J connectivity index is 3.03. The van der Waals surface area contributed by atoms with E-state index in [0.717, 1.165) is 55.2 Å². The second-order valence-electron chi connectivity index (χ2n) is 8.65. The zero-order chi connectivity index (χ0) is 24.8. The third-order valence-corrected chi connectivity index (χ3v) is 6.10. The fraction of sp³-hybridized carbons (Fsp3) is 0.536. The monoisotopic (exact) mass is 453 g/mol. The SMILES string of the molecule is C/C=C(CCc1ccc(C(=O)NCCCC)cc1)\C(C(=O)N=C(N)CCC)=C(\C)C(C)CC. The lowest BCUT2D eigenvalue weighted by atomic mass is 9.88. The van der Waals surface area contributed by atoms with E-state index in [1.807, 2.05) is 51.1 Å². The first-order chi connectivity index (χ1) is 15.8. The Morgan fingerprint density at radius 1 is 1.09 bits per heavy atom. The summed E-state index contributed by atoms with van der Waals surface area (Å²) in [7, 11) is 0. The minimum atomic E-state index is -0.244. The molecule has 0 aliphatic carbocycles. The number of hydrogen-bond donors (Lipinski definition) is 2. The van der Waals surface area contributed by atoms with E-state index in [1.54, 1.807) is 0 Å². The second-order valence-corrected chi connectivity index (χ2v) is 8.65. The smallest absolute Gasteiger partial charge is 0.278 e. The highest BCUT2D eigenvalue weighted by Crippen LogP contribution is 2.27. The van der Waals surface area contributed by atoms with Crippen molar-refractivity contribution in [3.8, 4) is 0 Å². The van der Waals surface area contributed by atoms with E-state index in [1.165, 1.54) is 0 Å². The van der Waals surface area contributed by atoms with Crippen LogP contribution in [0.5, 0.6) is 0 Å². The summed E-state index contributed by atoms with van der Waals surface area (Å²) in [5.74, 6) is 0.393. The standard InChI is InChI=1S/C28H43N3O2/c1-7-11-19-30-27(32)24-17-14-22(15-18-24)13-16-23(10-4)26(21(6)20(5)9-3)28(33)31-25(29)12-8-2/h10,14-15,17-18,20H,7-9,11-13,16,19H2,1-6H3,(H,30,32)(H2,29,31,33)/b23-10-,26-21+. The molecule has 1 atom stereocenters. The van der Waals surface area contributed by atoms with Crippen LogP contribution in [-0.2, 0) is 11.2 Å². The zero-order valence-electron chi connectivity index (χ0n) is 21.5. The summed E-state index contributed by atoms with van der Waals surface area (Å²) in [5, 5.41) is 2.94. The highest BCUT2D eigenvalue weighted by molar-refractivity contribution is 6.05. The number of amidine groups is 1. The second kappa shape index (κ2) is 15.2. The Morgan fingerprint density at radius 2 is 1.76 bits per heavy atom. The van der Waals surface area contributed by atoms with Gasteiger partial charge in [-0.2, -0.15) is 4.99 Å². The number of benzene rings is 1. The molecule has 3 N–H and O–H groups in total. The third-order valence-electron chi connectivity index (χ3n) is 6.10. The molecule has 0 aliphatic heterocycles. The third kappa shape index (κ3) is 9.37. The van der Waals surface area contributed by atoms with Crippen LogP contribution in [0, 0.1) is 5.92 Å². The van der Waals surface area contributed by atoms with Crippen LogP contribution < -0.4 is 11.1 Å². The summed E-state index contributed by atoms with van der Waals surface area (Å²) in [5.41, 5.74) is 10.5. The number of amides is 2. The van der Waals surface area contributed by atoms with Crippen molar-refractivity contribution in [1.82, 2.24) is 5.32 Å². The van der Waals surface area contributed by atoms with Crippen LogP contribution in [0.25, 0.3) is 0 Å². The van der Waals surface area contributed by atoms with Gasteiger partial charge in [-0.05, 0) is 75.1 Å². The van der Waals surface area contributed by atoms with E-state index in [4.69, 9.17) is 5.73 Å². The first-order valence-corrected chi connectivity index (χ1v) is 12.4. The summed E-state index contributed by atoms with van der Waals surface area (Å²) >= 11 is 0. The van der Waals surface area contributed by atoms with Gasteiger partial charge in [0.1, 0.15) is 5.84 Å². The lowest BCUT2D eigenvalue weighted by molar-refractivity contribution is -0.114. The first kappa shape index (κ1) is 28.3. The van der Waals surface area contributed by atoms with Crippen LogP contribution in [0.2, 0.25) is 0 Å². The van der Waals surface area contributed by atoms with E-state index < -0.39 is 0 Å². The molecule has 0 bridgehead atoms. The summed E-state index contributed by atoms with van der Waals surface area (Å²) in [4.78, 5) is 29.5. The minimum Gasteiger partial charge on any atom is -0.387 e. The average molecular weight is 454 g/mol. The fourth-order valence-corrected chi connectivity index (χ4v) is 3.61. The van der Waals surface area contributed by atoms with Crippen molar-refractivity contribution in [2.24, 2.45) is 16.6 Å². The van der Waals surface area contributed by atoms with Gasteiger partial charge in [0.15, 0.2) is 0 Å². The quantitative estimate of drug-likeness (QED) is 0.124. The van der Waals surface area contributed by atoms with Crippen molar-refractivity contribution in [3.05, 3.63) is 58.2 Å². The normalized spacial score (nSPS) is 14.0. The van der Waals surface area contributed by atoms with Gasteiger partial charge in [-0.1, -0.05) is 57.9 Å². The van der Waals surface area contributed by atoms with E-state index in [2.05, 4.69) is 31.1 Å².